The summed E-state index contributed by atoms with van der Waals surface area (Å²) in [7, 11) is -0.408. The molecule has 1 amide bonds. The van der Waals surface area contributed by atoms with E-state index in [-0.39, 0.29) is 18.0 Å². The van der Waals surface area contributed by atoms with Gasteiger partial charge in [0.15, 0.2) is 0 Å². The highest BCUT2D eigenvalue weighted by Gasteiger charge is 2.37. The summed E-state index contributed by atoms with van der Waals surface area (Å²) in [5.74, 6) is 1.03. The van der Waals surface area contributed by atoms with Crippen molar-refractivity contribution in [2.24, 2.45) is 11.8 Å². The first-order valence-corrected chi connectivity index (χ1v) is 13.9. The number of piperazine rings is 1. The standard InChI is InChI=1S/C28H38BCl2N3O2/c1-20(2)26-19-32(16-17-34(26)27(35)18-21-12-14-33(15-13-21)29(3)36)28(22-4-8-24(30)9-5-22)23-6-10-25(31)11-7-23/h4-11,20-21,26,28,36H,12-19H2,1-3H3/t26-/m0/s1. The van der Waals surface area contributed by atoms with Crippen LogP contribution in [0.2, 0.25) is 16.9 Å². The molecule has 0 bridgehead atoms. The highest BCUT2D eigenvalue weighted by Crippen LogP contribution is 2.34. The molecule has 2 aromatic carbocycles. The second kappa shape index (κ2) is 12.3. The largest absolute Gasteiger partial charge is 0.437 e. The second-order valence-corrected chi connectivity index (χ2v) is 11.6. The lowest BCUT2D eigenvalue weighted by Crippen LogP contribution is -2.58. The smallest absolute Gasteiger partial charge is 0.376 e. The Bertz CT molecular complexity index is 949. The molecule has 0 aromatic heterocycles. The van der Waals surface area contributed by atoms with Crippen molar-refractivity contribution < 1.29 is 9.82 Å². The number of amides is 1. The predicted molar refractivity (Wildman–Crippen MR) is 149 cm³/mol. The fourth-order valence-electron chi connectivity index (χ4n) is 5.75. The monoisotopic (exact) mass is 529 g/mol. The van der Waals surface area contributed by atoms with Gasteiger partial charge >= 0.3 is 7.05 Å². The lowest BCUT2D eigenvalue weighted by atomic mass is 9.80. The second-order valence-electron chi connectivity index (χ2n) is 10.7. The van der Waals surface area contributed by atoms with Gasteiger partial charge in [0.2, 0.25) is 5.91 Å². The van der Waals surface area contributed by atoms with Gasteiger partial charge in [0, 0.05) is 42.1 Å². The Kier molecular flexibility index (Phi) is 9.40. The normalized spacial score (nSPS) is 20.3. The Balaban J connectivity index is 1.49. The molecule has 1 atom stereocenters. The quantitative estimate of drug-likeness (QED) is 0.483. The van der Waals surface area contributed by atoms with Gasteiger partial charge < -0.3 is 14.7 Å². The zero-order chi connectivity index (χ0) is 25.8. The number of benzene rings is 2. The molecule has 2 aliphatic heterocycles. The van der Waals surface area contributed by atoms with E-state index < -0.39 is 7.05 Å². The zero-order valence-corrected chi connectivity index (χ0v) is 23.1. The molecular formula is C28H38BCl2N3O2. The molecule has 0 unspecified atom stereocenters. The Morgan fingerprint density at radius 3 is 1.94 bits per heavy atom. The van der Waals surface area contributed by atoms with E-state index in [0.717, 1.165) is 55.6 Å². The van der Waals surface area contributed by atoms with Crippen molar-refractivity contribution >= 4 is 36.2 Å². The minimum Gasteiger partial charge on any atom is -0.437 e. The van der Waals surface area contributed by atoms with E-state index in [2.05, 4.69) is 52.7 Å². The molecule has 4 rings (SSSR count). The molecule has 0 radical (unpaired) electrons. The zero-order valence-electron chi connectivity index (χ0n) is 21.6. The van der Waals surface area contributed by atoms with E-state index in [1.165, 1.54) is 11.1 Å². The van der Waals surface area contributed by atoms with Crippen molar-refractivity contribution in [3.63, 3.8) is 0 Å². The van der Waals surface area contributed by atoms with E-state index in [9.17, 15) is 9.82 Å². The van der Waals surface area contributed by atoms with Gasteiger partial charge in [0.05, 0.1) is 6.04 Å². The van der Waals surface area contributed by atoms with Crippen LogP contribution in [0.25, 0.3) is 0 Å². The first-order valence-electron chi connectivity index (χ1n) is 13.2. The summed E-state index contributed by atoms with van der Waals surface area (Å²) in [6.07, 6.45) is 2.55. The van der Waals surface area contributed by atoms with Crippen LogP contribution in [0, 0.1) is 11.8 Å². The maximum atomic E-state index is 13.5. The number of nitrogens with zero attached hydrogens (tertiary/aromatic N) is 3. The number of halogens is 2. The van der Waals surface area contributed by atoms with Crippen molar-refractivity contribution in [2.45, 2.75) is 52.0 Å². The van der Waals surface area contributed by atoms with E-state index in [4.69, 9.17) is 23.2 Å². The molecule has 1 N–H and O–H groups in total. The average Bonchev–Trinajstić information content (AvgIpc) is 2.86. The molecule has 2 aliphatic rings. The number of hydrogen-bond donors (Lipinski definition) is 1. The molecule has 0 spiro atoms. The van der Waals surface area contributed by atoms with Crippen LogP contribution < -0.4 is 0 Å². The molecule has 2 fully saturated rings. The Morgan fingerprint density at radius 2 is 1.47 bits per heavy atom. The summed E-state index contributed by atoms with van der Waals surface area (Å²) in [4.78, 5) is 20.2. The fourth-order valence-corrected chi connectivity index (χ4v) is 6.00. The molecule has 5 nitrogen and oxygen atoms in total. The lowest BCUT2D eigenvalue weighted by Gasteiger charge is -2.47. The summed E-state index contributed by atoms with van der Waals surface area (Å²) in [5, 5.41) is 11.3. The van der Waals surface area contributed by atoms with Gasteiger partial charge in [0.1, 0.15) is 0 Å². The van der Waals surface area contributed by atoms with Crippen LogP contribution in [-0.4, -0.2) is 71.4 Å². The van der Waals surface area contributed by atoms with E-state index in [0.29, 0.717) is 18.3 Å². The third-order valence-electron chi connectivity index (χ3n) is 7.92. The van der Waals surface area contributed by atoms with Crippen LogP contribution in [-0.2, 0) is 4.79 Å². The number of carbonyl (C=O) groups excluding carboxylic acids is 1. The first kappa shape index (κ1) is 27.5. The predicted octanol–water partition coefficient (Wildman–Crippen LogP) is 5.46. The molecule has 0 aliphatic carbocycles. The Hall–Kier alpha value is -1.57. The number of hydrogen-bond acceptors (Lipinski definition) is 4. The molecule has 0 saturated carbocycles. The van der Waals surface area contributed by atoms with Gasteiger partial charge in [-0.05, 0) is 80.0 Å². The molecule has 2 heterocycles. The molecule has 36 heavy (non-hydrogen) atoms. The summed E-state index contributed by atoms with van der Waals surface area (Å²) in [6.45, 7) is 10.3. The Morgan fingerprint density at radius 1 is 0.944 bits per heavy atom. The molecule has 2 aromatic rings. The van der Waals surface area contributed by atoms with Gasteiger partial charge in [0.25, 0.3) is 0 Å². The van der Waals surface area contributed by atoms with Gasteiger partial charge in [-0.25, -0.2) is 0 Å². The fraction of sp³-hybridized carbons (Fsp3) is 0.536. The number of carbonyl (C=O) groups is 1. The van der Waals surface area contributed by atoms with Crippen molar-refractivity contribution in [3.8, 4) is 0 Å². The first-order chi connectivity index (χ1) is 17.2. The summed E-state index contributed by atoms with van der Waals surface area (Å²) >= 11 is 12.4. The summed E-state index contributed by atoms with van der Waals surface area (Å²) in [5.41, 5.74) is 2.38. The summed E-state index contributed by atoms with van der Waals surface area (Å²) in [6, 6.07) is 16.4. The summed E-state index contributed by atoms with van der Waals surface area (Å²) < 4.78 is 0. The number of rotatable bonds is 7. The highest BCUT2D eigenvalue weighted by atomic mass is 35.5. The minimum atomic E-state index is -0.408. The minimum absolute atomic E-state index is 0.0721. The van der Waals surface area contributed by atoms with Gasteiger partial charge in [-0.2, -0.15) is 0 Å². The topological polar surface area (TPSA) is 47.0 Å². The molecule has 2 saturated heterocycles. The van der Waals surface area contributed by atoms with Crippen molar-refractivity contribution in [1.82, 2.24) is 14.6 Å². The highest BCUT2D eigenvalue weighted by molar-refractivity contribution is 6.45. The third-order valence-corrected chi connectivity index (χ3v) is 8.42. The van der Waals surface area contributed by atoms with E-state index in [1.807, 2.05) is 31.1 Å². The van der Waals surface area contributed by atoms with Crippen molar-refractivity contribution in [1.29, 1.82) is 0 Å². The van der Waals surface area contributed by atoms with Crippen LogP contribution in [0.1, 0.15) is 50.3 Å². The van der Waals surface area contributed by atoms with Crippen LogP contribution in [0.15, 0.2) is 48.5 Å². The van der Waals surface area contributed by atoms with Crippen LogP contribution >= 0.6 is 23.2 Å². The molecule has 8 heteroatoms. The third kappa shape index (κ3) is 6.65. The maximum Gasteiger partial charge on any atom is 0.376 e. The molecular weight excluding hydrogens is 492 g/mol. The lowest BCUT2D eigenvalue weighted by molar-refractivity contribution is -0.139. The Labute approximate surface area is 226 Å². The van der Waals surface area contributed by atoms with Gasteiger partial charge in [-0.15, -0.1) is 0 Å². The van der Waals surface area contributed by atoms with Crippen LogP contribution in [0.5, 0.6) is 0 Å². The van der Waals surface area contributed by atoms with Crippen LogP contribution in [0.3, 0.4) is 0 Å². The van der Waals surface area contributed by atoms with E-state index >= 15 is 0 Å². The molecule has 194 valence electrons. The van der Waals surface area contributed by atoms with Gasteiger partial charge in [-0.3, -0.25) is 9.69 Å². The maximum absolute atomic E-state index is 13.5. The SMILES string of the molecule is CB(O)N1CCC(CC(=O)N2CCN(C(c3ccc(Cl)cc3)c3ccc(Cl)cc3)C[C@H]2C(C)C)CC1. The van der Waals surface area contributed by atoms with Crippen LogP contribution in [0.4, 0.5) is 0 Å². The van der Waals surface area contributed by atoms with Crippen molar-refractivity contribution in [3.05, 3.63) is 69.7 Å². The average molecular weight is 530 g/mol. The van der Waals surface area contributed by atoms with Crippen molar-refractivity contribution in [2.75, 3.05) is 32.7 Å². The number of piperidine rings is 1. The van der Waals surface area contributed by atoms with E-state index in [1.54, 1.807) is 0 Å². The van der Waals surface area contributed by atoms with Gasteiger partial charge in [-0.1, -0.05) is 61.3 Å².